The number of hydrogen-bond acceptors (Lipinski definition) is 2. The Labute approximate surface area is 126 Å². The van der Waals surface area contributed by atoms with Gasteiger partial charge in [-0.1, -0.05) is 48.5 Å². The van der Waals surface area contributed by atoms with Gasteiger partial charge in [0, 0.05) is 31.7 Å². The Morgan fingerprint density at radius 3 is 2.33 bits per heavy atom. The lowest BCUT2D eigenvalue weighted by atomic mass is 9.95. The number of piperazine rings is 1. The lowest BCUT2D eigenvalue weighted by molar-refractivity contribution is 0.193. The normalized spacial score (nSPS) is 17.4. The van der Waals surface area contributed by atoms with Crippen LogP contribution in [0.2, 0.25) is 0 Å². The van der Waals surface area contributed by atoms with Crippen LogP contribution in [-0.2, 0) is 0 Å². The molecule has 1 atom stereocenters. The summed E-state index contributed by atoms with van der Waals surface area (Å²) in [6, 6.07) is 19.2. The number of hydrogen-bond donors (Lipinski definition) is 0. The molecule has 0 spiro atoms. The standard InChI is InChI=1S/C18H21N2O/c1-21-17-10-6-5-9-16(17)18(15-7-3-2-4-8-15)20-13-11-19-12-14-20/h2-10,18H,11-14H2,1H3. The average Bonchev–Trinajstić information content (AvgIpc) is 2.58. The van der Waals surface area contributed by atoms with Crippen molar-refractivity contribution in [3.05, 3.63) is 65.7 Å². The molecule has 0 aliphatic carbocycles. The molecule has 2 aromatic carbocycles. The summed E-state index contributed by atoms with van der Waals surface area (Å²) in [5.74, 6) is 0.953. The first-order valence-corrected chi connectivity index (χ1v) is 7.45. The summed E-state index contributed by atoms with van der Waals surface area (Å²) < 4.78 is 5.59. The van der Waals surface area contributed by atoms with Crippen LogP contribution in [0.4, 0.5) is 0 Å². The summed E-state index contributed by atoms with van der Waals surface area (Å²) in [6.07, 6.45) is 0. The number of methoxy groups -OCH3 is 1. The third-order valence-corrected chi connectivity index (χ3v) is 4.00. The second-order valence-corrected chi connectivity index (χ2v) is 5.26. The molecule has 0 amide bonds. The molecule has 0 aromatic heterocycles. The molecule has 21 heavy (non-hydrogen) atoms. The fraction of sp³-hybridized carbons (Fsp3) is 0.333. The molecule has 0 bridgehead atoms. The third-order valence-electron chi connectivity index (χ3n) is 4.00. The second-order valence-electron chi connectivity index (χ2n) is 5.26. The highest BCUT2D eigenvalue weighted by Gasteiger charge is 2.26. The molecule has 2 aromatic rings. The predicted octanol–water partition coefficient (Wildman–Crippen LogP) is 2.70. The monoisotopic (exact) mass is 281 g/mol. The van der Waals surface area contributed by atoms with Gasteiger partial charge in [0.25, 0.3) is 0 Å². The smallest absolute Gasteiger partial charge is 0.123 e. The first-order chi connectivity index (χ1) is 10.4. The lowest BCUT2D eigenvalue weighted by Crippen LogP contribution is -2.42. The summed E-state index contributed by atoms with van der Waals surface area (Å²) in [5.41, 5.74) is 2.54. The summed E-state index contributed by atoms with van der Waals surface area (Å²) in [4.78, 5) is 2.50. The Kier molecular flexibility index (Phi) is 4.53. The van der Waals surface area contributed by atoms with Gasteiger partial charge in [0.2, 0.25) is 0 Å². The minimum absolute atomic E-state index is 0.234. The van der Waals surface area contributed by atoms with Crippen molar-refractivity contribution in [3.8, 4) is 5.75 Å². The first kappa shape index (κ1) is 14.1. The van der Waals surface area contributed by atoms with Crippen LogP contribution < -0.4 is 10.1 Å². The van der Waals surface area contributed by atoms with Crippen molar-refractivity contribution in [2.75, 3.05) is 33.3 Å². The van der Waals surface area contributed by atoms with Crippen molar-refractivity contribution in [2.45, 2.75) is 6.04 Å². The minimum Gasteiger partial charge on any atom is -0.496 e. The third kappa shape index (κ3) is 3.09. The van der Waals surface area contributed by atoms with Gasteiger partial charge in [0.15, 0.2) is 0 Å². The Morgan fingerprint density at radius 1 is 0.952 bits per heavy atom. The summed E-state index contributed by atoms with van der Waals surface area (Å²) in [7, 11) is 1.74. The molecule has 1 saturated heterocycles. The van der Waals surface area contributed by atoms with Crippen molar-refractivity contribution in [3.63, 3.8) is 0 Å². The average molecular weight is 281 g/mol. The Morgan fingerprint density at radius 2 is 1.62 bits per heavy atom. The van der Waals surface area contributed by atoms with E-state index in [1.54, 1.807) is 7.11 Å². The Balaban J connectivity index is 2.03. The highest BCUT2D eigenvalue weighted by atomic mass is 16.5. The fourth-order valence-corrected chi connectivity index (χ4v) is 2.99. The molecule has 109 valence electrons. The molecular weight excluding hydrogens is 260 g/mol. The molecule has 1 aliphatic heterocycles. The van der Waals surface area contributed by atoms with Crippen molar-refractivity contribution >= 4 is 0 Å². The minimum atomic E-state index is 0.234. The van der Waals surface area contributed by atoms with Gasteiger partial charge in [-0.2, -0.15) is 0 Å². The number of rotatable bonds is 4. The largest absolute Gasteiger partial charge is 0.496 e. The van der Waals surface area contributed by atoms with E-state index in [1.165, 1.54) is 11.1 Å². The van der Waals surface area contributed by atoms with Gasteiger partial charge in [0.05, 0.1) is 13.2 Å². The number of para-hydroxylation sites is 1. The van der Waals surface area contributed by atoms with E-state index >= 15 is 0 Å². The van der Waals surface area contributed by atoms with Gasteiger partial charge in [-0.3, -0.25) is 4.90 Å². The molecule has 3 heteroatoms. The molecule has 0 saturated carbocycles. The highest BCUT2D eigenvalue weighted by Crippen LogP contribution is 2.34. The molecule has 1 aliphatic rings. The molecule has 1 radical (unpaired) electrons. The van der Waals surface area contributed by atoms with Crippen molar-refractivity contribution in [1.29, 1.82) is 0 Å². The highest BCUT2D eigenvalue weighted by molar-refractivity contribution is 5.41. The van der Waals surface area contributed by atoms with Crippen LogP contribution in [0.3, 0.4) is 0 Å². The maximum absolute atomic E-state index is 5.59. The van der Waals surface area contributed by atoms with Crippen LogP contribution in [0.15, 0.2) is 54.6 Å². The molecule has 3 nitrogen and oxygen atoms in total. The maximum atomic E-state index is 5.59. The fourth-order valence-electron chi connectivity index (χ4n) is 2.99. The van der Waals surface area contributed by atoms with Gasteiger partial charge in [-0.05, 0) is 11.6 Å². The van der Waals surface area contributed by atoms with E-state index in [-0.39, 0.29) is 6.04 Å². The Hall–Kier alpha value is -1.84. The Bertz CT molecular complexity index is 564. The second kappa shape index (κ2) is 6.74. The van der Waals surface area contributed by atoms with Gasteiger partial charge >= 0.3 is 0 Å². The van der Waals surface area contributed by atoms with Crippen LogP contribution in [0.25, 0.3) is 0 Å². The zero-order valence-electron chi connectivity index (χ0n) is 12.4. The maximum Gasteiger partial charge on any atom is 0.123 e. The van der Waals surface area contributed by atoms with E-state index in [0.717, 1.165) is 31.9 Å². The quantitative estimate of drug-likeness (QED) is 0.861. The van der Waals surface area contributed by atoms with E-state index < -0.39 is 0 Å². The van der Waals surface area contributed by atoms with Crippen LogP contribution >= 0.6 is 0 Å². The SMILES string of the molecule is COc1ccccc1C(c1ccccc1)N1CC[N]CC1. The van der Waals surface area contributed by atoms with Crippen molar-refractivity contribution in [1.82, 2.24) is 10.2 Å². The van der Waals surface area contributed by atoms with Crippen molar-refractivity contribution in [2.24, 2.45) is 0 Å². The molecule has 1 unspecified atom stereocenters. The van der Waals surface area contributed by atoms with Gasteiger partial charge < -0.3 is 4.74 Å². The lowest BCUT2D eigenvalue weighted by Gasteiger charge is -2.35. The number of benzene rings is 2. The van der Waals surface area contributed by atoms with Crippen LogP contribution in [0.1, 0.15) is 17.2 Å². The van der Waals surface area contributed by atoms with E-state index in [0.29, 0.717) is 0 Å². The zero-order valence-corrected chi connectivity index (χ0v) is 12.4. The van der Waals surface area contributed by atoms with Gasteiger partial charge in [-0.25, -0.2) is 5.32 Å². The predicted molar refractivity (Wildman–Crippen MR) is 84.7 cm³/mol. The summed E-state index contributed by atoms with van der Waals surface area (Å²) in [6.45, 7) is 3.83. The summed E-state index contributed by atoms with van der Waals surface area (Å²) in [5, 5.41) is 4.47. The topological polar surface area (TPSA) is 26.6 Å². The van der Waals surface area contributed by atoms with E-state index in [4.69, 9.17) is 4.74 Å². The molecule has 1 fully saturated rings. The number of ether oxygens (including phenoxy) is 1. The molecular formula is C18H21N2O. The first-order valence-electron chi connectivity index (χ1n) is 7.45. The van der Waals surface area contributed by atoms with E-state index in [1.807, 2.05) is 12.1 Å². The molecule has 0 N–H and O–H groups in total. The van der Waals surface area contributed by atoms with Crippen LogP contribution in [0, 0.1) is 0 Å². The van der Waals surface area contributed by atoms with E-state index in [9.17, 15) is 0 Å². The molecule has 1 heterocycles. The zero-order chi connectivity index (χ0) is 14.5. The number of nitrogens with zero attached hydrogens (tertiary/aromatic N) is 2. The van der Waals surface area contributed by atoms with Gasteiger partial charge in [-0.15, -0.1) is 0 Å². The van der Waals surface area contributed by atoms with E-state index in [2.05, 4.69) is 52.7 Å². The van der Waals surface area contributed by atoms with Gasteiger partial charge in [0.1, 0.15) is 5.75 Å². The van der Waals surface area contributed by atoms with Crippen LogP contribution in [-0.4, -0.2) is 38.2 Å². The molecule has 3 rings (SSSR count). The van der Waals surface area contributed by atoms with Crippen molar-refractivity contribution < 1.29 is 4.74 Å². The summed E-state index contributed by atoms with van der Waals surface area (Å²) >= 11 is 0. The van der Waals surface area contributed by atoms with Crippen LogP contribution in [0.5, 0.6) is 5.75 Å².